The van der Waals surface area contributed by atoms with Crippen LogP contribution in [0.1, 0.15) is 56.3 Å². The van der Waals surface area contributed by atoms with E-state index in [1.54, 1.807) is 12.1 Å². The van der Waals surface area contributed by atoms with Crippen LogP contribution in [0.4, 0.5) is 9.52 Å². The molecule has 0 radical (unpaired) electrons. The lowest BCUT2D eigenvalue weighted by Gasteiger charge is -2.48. The molecule has 192 valence electrons. The highest BCUT2D eigenvalue weighted by Gasteiger charge is 2.41. The number of anilines is 1. The SMILES string of the molecule is CC(C)(O)C1CCN([C@@H]2CCOc3cc(S(=O)(=O)Nc4ncns4)ccc32)[C@@H](c2ccc(F)cc2)C1. The molecule has 1 saturated heterocycles. The van der Waals surface area contributed by atoms with Crippen LogP contribution in [0.25, 0.3) is 0 Å². The second-order valence-electron chi connectivity index (χ2n) is 9.88. The quantitative estimate of drug-likeness (QED) is 0.481. The van der Waals surface area contributed by atoms with Gasteiger partial charge in [-0.15, -0.1) is 0 Å². The number of ether oxygens (including phenoxy) is 1. The highest BCUT2D eigenvalue weighted by atomic mass is 32.2. The Morgan fingerprint density at radius 1 is 1.17 bits per heavy atom. The van der Waals surface area contributed by atoms with Gasteiger partial charge in [0.1, 0.15) is 17.9 Å². The van der Waals surface area contributed by atoms with E-state index in [4.69, 9.17) is 4.74 Å². The number of benzene rings is 2. The number of nitrogens with one attached hydrogen (secondary N) is 1. The van der Waals surface area contributed by atoms with Crippen molar-refractivity contribution in [1.82, 2.24) is 14.3 Å². The predicted octanol–water partition coefficient (Wildman–Crippen LogP) is 4.53. The van der Waals surface area contributed by atoms with Gasteiger partial charge in [0.15, 0.2) is 0 Å². The molecule has 0 bridgehead atoms. The van der Waals surface area contributed by atoms with E-state index in [-0.39, 0.29) is 33.8 Å². The number of rotatable bonds is 6. The van der Waals surface area contributed by atoms with Crippen LogP contribution in [0.15, 0.2) is 53.7 Å². The Kier molecular flexibility index (Phi) is 6.75. The summed E-state index contributed by atoms with van der Waals surface area (Å²) in [5, 5.41) is 10.9. The number of halogens is 1. The van der Waals surface area contributed by atoms with Crippen molar-refractivity contribution in [2.75, 3.05) is 17.9 Å². The minimum atomic E-state index is -3.84. The van der Waals surface area contributed by atoms with Gasteiger partial charge in [-0.3, -0.25) is 9.62 Å². The summed E-state index contributed by atoms with van der Waals surface area (Å²) in [6, 6.07) is 11.5. The lowest BCUT2D eigenvalue weighted by Crippen LogP contribution is -2.45. The second-order valence-corrected chi connectivity index (χ2v) is 12.3. The minimum absolute atomic E-state index is 0.000524. The lowest BCUT2D eigenvalue weighted by atomic mass is 9.77. The van der Waals surface area contributed by atoms with Crippen LogP contribution in [0, 0.1) is 11.7 Å². The minimum Gasteiger partial charge on any atom is -0.493 e. The number of fused-ring (bicyclic) bond motifs is 1. The molecule has 8 nitrogen and oxygen atoms in total. The third-order valence-corrected chi connectivity index (χ3v) is 9.23. The molecule has 36 heavy (non-hydrogen) atoms. The van der Waals surface area contributed by atoms with E-state index in [0.29, 0.717) is 12.4 Å². The summed E-state index contributed by atoms with van der Waals surface area (Å²) in [7, 11) is -3.84. The Bertz CT molecular complexity index is 1310. The zero-order chi connectivity index (χ0) is 25.5. The van der Waals surface area contributed by atoms with Gasteiger partial charge in [0.05, 0.1) is 17.1 Å². The molecule has 1 unspecified atom stereocenters. The van der Waals surface area contributed by atoms with Gasteiger partial charge < -0.3 is 9.84 Å². The molecule has 0 saturated carbocycles. The van der Waals surface area contributed by atoms with Crippen molar-refractivity contribution in [2.45, 2.75) is 55.7 Å². The molecule has 2 aromatic carbocycles. The number of likely N-dealkylation sites (tertiary alicyclic amines) is 1. The Hall–Kier alpha value is -2.60. The molecule has 5 rings (SSSR count). The van der Waals surface area contributed by atoms with Gasteiger partial charge in [-0.25, -0.2) is 17.8 Å². The van der Waals surface area contributed by atoms with E-state index >= 15 is 0 Å². The fourth-order valence-electron chi connectivity index (χ4n) is 5.27. The lowest BCUT2D eigenvalue weighted by molar-refractivity contribution is -0.0441. The molecule has 3 heterocycles. The zero-order valence-corrected chi connectivity index (χ0v) is 21.7. The maximum atomic E-state index is 13.7. The number of aliphatic hydroxyl groups is 1. The normalized spacial score (nSPS) is 23.1. The Labute approximate surface area is 214 Å². The zero-order valence-electron chi connectivity index (χ0n) is 20.1. The molecule has 1 fully saturated rings. The van der Waals surface area contributed by atoms with Crippen molar-refractivity contribution < 1.29 is 22.7 Å². The summed E-state index contributed by atoms with van der Waals surface area (Å²) in [5.74, 6) is 0.350. The van der Waals surface area contributed by atoms with Crippen LogP contribution < -0.4 is 9.46 Å². The van der Waals surface area contributed by atoms with Gasteiger partial charge in [-0.2, -0.15) is 4.37 Å². The predicted molar refractivity (Wildman–Crippen MR) is 135 cm³/mol. The molecule has 0 amide bonds. The average Bonchev–Trinajstić information content (AvgIpc) is 3.35. The molecule has 11 heteroatoms. The van der Waals surface area contributed by atoms with Crippen LogP contribution >= 0.6 is 11.5 Å². The van der Waals surface area contributed by atoms with Gasteiger partial charge >= 0.3 is 0 Å². The Balaban J connectivity index is 1.46. The first-order chi connectivity index (χ1) is 17.1. The standard InChI is InChI=1S/C25H29FN4O4S2/c1-25(2,31)17-9-11-30(22(13-17)16-3-5-18(26)6-4-16)21-10-12-34-23-14-19(7-8-20(21)23)36(32,33)29-24-27-15-28-35-24/h3-8,14-15,17,21-22,31H,9-13H2,1-2H3,(H,27,28,29)/t17?,21-,22-/m1/s1. The largest absolute Gasteiger partial charge is 0.493 e. The van der Waals surface area contributed by atoms with Crippen LogP contribution in [-0.2, 0) is 10.0 Å². The van der Waals surface area contributed by atoms with E-state index in [1.165, 1.54) is 18.5 Å². The van der Waals surface area contributed by atoms with Crippen LogP contribution in [-0.4, -0.2) is 46.5 Å². The third-order valence-electron chi connectivity index (χ3n) is 7.18. The third kappa shape index (κ3) is 5.10. The van der Waals surface area contributed by atoms with Crippen LogP contribution in [0.2, 0.25) is 0 Å². The van der Waals surface area contributed by atoms with Crippen molar-refractivity contribution >= 4 is 26.7 Å². The van der Waals surface area contributed by atoms with E-state index in [0.717, 1.165) is 48.5 Å². The topological polar surface area (TPSA) is 105 Å². The summed E-state index contributed by atoms with van der Waals surface area (Å²) in [6.07, 6.45) is 3.60. The summed E-state index contributed by atoms with van der Waals surface area (Å²) in [6.45, 7) is 4.89. The number of hydrogen-bond donors (Lipinski definition) is 2. The first-order valence-electron chi connectivity index (χ1n) is 11.9. The smallest absolute Gasteiger partial charge is 0.263 e. The van der Waals surface area contributed by atoms with Gasteiger partial charge in [0.2, 0.25) is 5.13 Å². The fraction of sp³-hybridized carbons (Fsp3) is 0.440. The summed E-state index contributed by atoms with van der Waals surface area (Å²) < 4.78 is 51.6. The molecule has 0 aliphatic carbocycles. The highest BCUT2D eigenvalue weighted by molar-refractivity contribution is 7.93. The van der Waals surface area contributed by atoms with Crippen LogP contribution in [0.3, 0.4) is 0 Å². The van der Waals surface area contributed by atoms with Crippen molar-refractivity contribution in [3.8, 4) is 5.75 Å². The van der Waals surface area contributed by atoms with Gasteiger partial charge in [0, 0.05) is 41.7 Å². The highest BCUT2D eigenvalue weighted by Crippen LogP contribution is 2.47. The molecule has 2 N–H and O–H groups in total. The molecule has 2 aliphatic heterocycles. The second kappa shape index (κ2) is 9.70. The number of aromatic nitrogens is 2. The van der Waals surface area contributed by atoms with Gasteiger partial charge in [-0.1, -0.05) is 18.2 Å². The van der Waals surface area contributed by atoms with Crippen molar-refractivity contribution in [2.24, 2.45) is 5.92 Å². The summed E-state index contributed by atoms with van der Waals surface area (Å²) in [4.78, 5) is 6.38. The fourth-order valence-corrected chi connectivity index (χ4v) is 6.94. The first kappa shape index (κ1) is 25.1. The number of sulfonamides is 1. The van der Waals surface area contributed by atoms with Gasteiger partial charge in [0.25, 0.3) is 10.0 Å². The summed E-state index contributed by atoms with van der Waals surface area (Å²) >= 11 is 0.963. The molecule has 3 atom stereocenters. The molecule has 2 aliphatic rings. The number of hydrogen-bond acceptors (Lipinski definition) is 8. The molecule has 0 spiro atoms. The number of piperidine rings is 1. The van der Waals surface area contributed by atoms with Crippen LogP contribution in [0.5, 0.6) is 5.75 Å². The van der Waals surface area contributed by atoms with E-state index in [9.17, 15) is 17.9 Å². The maximum Gasteiger partial charge on any atom is 0.263 e. The van der Waals surface area contributed by atoms with Gasteiger partial charge in [-0.05, 0) is 62.9 Å². The monoisotopic (exact) mass is 532 g/mol. The Morgan fingerprint density at radius 3 is 2.64 bits per heavy atom. The van der Waals surface area contributed by atoms with Crippen molar-refractivity contribution in [3.63, 3.8) is 0 Å². The summed E-state index contributed by atoms with van der Waals surface area (Å²) in [5.41, 5.74) is 1.10. The van der Waals surface area contributed by atoms with Crippen molar-refractivity contribution in [3.05, 3.63) is 65.7 Å². The molecular formula is C25H29FN4O4S2. The maximum absolute atomic E-state index is 13.7. The molecule has 3 aromatic rings. The first-order valence-corrected chi connectivity index (χ1v) is 14.2. The number of nitrogens with zero attached hydrogens (tertiary/aromatic N) is 3. The molecular weight excluding hydrogens is 503 g/mol. The molecule has 1 aromatic heterocycles. The van der Waals surface area contributed by atoms with Crippen molar-refractivity contribution in [1.29, 1.82) is 0 Å². The Morgan fingerprint density at radius 2 is 1.94 bits per heavy atom. The average molecular weight is 533 g/mol. The van der Waals surface area contributed by atoms with E-state index in [2.05, 4.69) is 19.0 Å². The van der Waals surface area contributed by atoms with E-state index in [1.807, 2.05) is 32.0 Å². The van der Waals surface area contributed by atoms with E-state index < -0.39 is 15.6 Å².